The number of nitrogens with zero attached hydrogens (tertiary/aromatic N) is 3. The molecular weight excluding hydrogens is 527 g/mol. The number of aromatic nitrogens is 1. The van der Waals surface area contributed by atoms with Crippen LogP contribution in [-0.4, -0.2) is 73.3 Å². The molecule has 212 valence electrons. The van der Waals surface area contributed by atoms with Crippen molar-refractivity contribution in [2.75, 3.05) is 58.1 Å². The van der Waals surface area contributed by atoms with Gasteiger partial charge in [0.1, 0.15) is 5.75 Å². The Morgan fingerprint density at radius 3 is 2.44 bits per heavy atom. The number of aliphatic hydroxyl groups is 2. The molecule has 2 aromatic carbocycles. The van der Waals surface area contributed by atoms with Crippen molar-refractivity contribution in [3.05, 3.63) is 59.5 Å². The van der Waals surface area contributed by atoms with Gasteiger partial charge >= 0.3 is 0 Å². The van der Waals surface area contributed by atoms with Crippen molar-refractivity contribution in [1.29, 1.82) is 0 Å². The van der Waals surface area contributed by atoms with Gasteiger partial charge in [0.2, 0.25) is 0 Å². The fourth-order valence-electron chi connectivity index (χ4n) is 5.25. The minimum atomic E-state index is -1.45. The Morgan fingerprint density at radius 1 is 1.13 bits per heavy atom. The molecule has 0 bridgehead atoms. The Labute approximate surface area is 231 Å². The molecule has 2 heterocycles. The van der Waals surface area contributed by atoms with E-state index >= 15 is 0 Å². The predicted molar refractivity (Wildman–Crippen MR) is 149 cm³/mol. The Balaban J connectivity index is 1.37. The lowest BCUT2D eigenvalue weighted by Crippen LogP contribution is -2.43. The van der Waals surface area contributed by atoms with Crippen molar-refractivity contribution in [2.24, 2.45) is 5.41 Å². The third-order valence-electron chi connectivity index (χ3n) is 7.74. The second-order valence-corrected chi connectivity index (χ2v) is 11.6. The molecule has 0 saturated carbocycles. The average Bonchev–Trinajstić information content (AvgIpc) is 2.94. The van der Waals surface area contributed by atoms with Gasteiger partial charge in [-0.05, 0) is 74.5 Å². The van der Waals surface area contributed by atoms with Crippen molar-refractivity contribution < 1.29 is 28.1 Å². The molecule has 10 heteroatoms. The van der Waals surface area contributed by atoms with Crippen molar-refractivity contribution in [3.8, 4) is 5.75 Å². The fraction of sp³-hybridized carbons (Fsp3) is 0.483. The van der Waals surface area contributed by atoms with E-state index < -0.39 is 23.6 Å². The summed E-state index contributed by atoms with van der Waals surface area (Å²) >= 11 is 1.29. The molecule has 0 radical (unpaired) electrons. The number of benzene rings is 2. The van der Waals surface area contributed by atoms with Crippen LogP contribution in [0, 0.1) is 22.9 Å². The summed E-state index contributed by atoms with van der Waals surface area (Å²) in [4.78, 5) is 9.12. The molecule has 0 unspecified atom stereocenters. The number of hydrogen-bond acceptors (Lipinski definition) is 7. The number of ether oxygens (including phenoxy) is 1. The maximum absolute atomic E-state index is 13.5. The number of aliphatic hydroxyl groups excluding tert-OH is 2. The number of hydrogen-bond donors (Lipinski definition) is 2. The van der Waals surface area contributed by atoms with Gasteiger partial charge in [-0.25, -0.2) is 13.2 Å². The molecule has 4 rings (SSSR count). The number of halogens is 3. The largest absolute Gasteiger partial charge is 0.497 e. The topological polar surface area (TPSA) is 69.1 Å². The molecule has 0 spiro atoms. The number of piperidine rings is 1. The van der Waals surface area contributed by atoms with Crippen LogP contribution in [-0.2, 0) is 0 Å². The summed E-state index contributed by atoms with van der Waals surface area (Å²) in [6.45, 7) is 2.32. The van der Waals surface area contributed by atoms with Gasteiger partial charge in [0.05, 0.1) is 30.6 Å². The average molecular weight is 564 g/mol. The zero-order chi connectivity index (χ0) is 28.2. The van der Waals surface area contributed by atoms with Crippen molar-refractivity contribution in [2.45, 2.75) is 36.7 Å². The summed E-state index contributed by atoms with van der Waals surface area (Å²) in [6, 6.07) is 7.68. The van der Waals surface area contributed by atoms with Crippen LogP contribution in [0.1, 0.15) is 37.4 Å². The second kappa shape index (κ2) is 12.8. The Bertz CT molecular complexity index is 1260. The van der Waals surface area contributed by atoms with E-state index in [9.17, 15) is 23.4 Å². The third kappa shape index (κ3) is 6.80. The van der Waals surface area contributed by atoms with Crippen molar-refractivity contribution in [1.82, 2.24) is 9.88 Å². The molecule has 1 atom stereocenters. The van der Waals surface area contributed by atoms with Gasteiger partial charge in [0, 0.05) is 48.8 Å². The lowest BCUT2D eigenvalue weighted by atomic mass is 9.74. The van der Waals surface area contributed by atoms with E-state index in [2.05, 4.69) is 9.88 Å². The molecule has 1 aliphatic rings. The minimum Gasteiger partial charge on any atom is -0.497 e. The molecule has 0 amide bonds. The summed E-state index contributed by atoms with van der Waals surface area (Å²) in [5.74, 6) is -2.50. The summed E-state index contributed by atoms with van der Waals surface area (Å²) in [5, 5.41) is 22.6. The molecule has 1 fully saturated rings. The van der Waals surface area contributed by atoms with Crippen LogP contribution in [0.4, 0.5) is 18.9 Å². The van der Waals surface area contributed by atoms with Crippen LogP contribution < -0.4 is 9.64 Å². The quantitative estimate of drug-likeness (QED) is 0.239. The minimum absolute atomic E-state index is 0.0435. The number of anilines is 1. The summed E-state index contributed by atoms with van der Waals surface area (Å²) in [7, 11) is 5.45. The Morgan fingerprint density at radius 2 is 1.82 bits per heavy atom. The summed E-state index contributed by atoms with van der Waals surface area (Å²) in [5.41, 5.74) is 2.14. The SMILES string of the molecule is COc1ccc2ncc(N(C)C)c([C@@H](O)CCC3(CO)CCN(CCSc4cc(F)c(F)c(F)c4)CC3)c2c1. The Hall–Kier alpha value is -2.53. The van der Waals surface area contributed by atoms with E-state index in [0.29, 0.717) is 35.8 Å². The lowest BCUT2D eigenvalue weighted by Gasteiger charge is -2.41. The van der Waals surface area contributed by atoms with Crippen molar-refractivity contribution >= 4 is 28.4 Å². The lowest BCUT2D eigenvalue weighted by molar-refractivity contribution is 0.0255. The summed E-state index contributed by atoms with van der Waals surface area (Å²) in [6.07, 6.45) is 3.77. The van der Waals surface area contributed by atoms with Crippen LogP contribution in [0.3, 0.4) is 0 Å². The molecule has 1 saturated heterocycles. The standard InChI is InChI=1S/C29H36F3N3O3S/c1-34(2)25-17-33-24-5-4-19(38-3)14-21(24)27(25)26(37)6-7-29(18-36)8-10-35(11-9-29)12-13-39-20-15-22(30)28(32)23(31)16-20/h4-5,14-17,26,36-37H,6-13,18H2,1-3H3/t26-/m0/s1. The van der Waals surface area contributed by atoms with Gasteiger partial charge in [-0.1, -0.05) is 0 Å². The normalized spacial score (nSPS) is 16.4. The van der Waals surface area contributed by atoms with Crippen molar-refractivity contribution in [3.63, 3.8) is 0 Å². The van der Waals surface area contributed by atoms with E-state index in [0.717, 1.165) is 60.2 Å². The number of thioether (sulfide) groups is 1. The molecule has 3 aromatic rings. The first-order chi connectivity index (χ1) is 18.7. The molecular formula is C29H36F3N3O3S. The van der Waals surface area contributed by atoms with E-state index in [1.54, 1.807) is 13.3 Å². The number of likely N-dealkylation sites (tertiary alicyclic amines) is 1. The van der Waals surface area contributed by atoms with E-state index in [-0.39, 0.29) is 12.0 Å². The molecule has 1 aliphatic heterocycles. The van der Waals surface area contributed by atoms with Gasteiger partial charge < -0.3 is 24.7 Å². The molecule has 6 nitrogen and oxygen atoms in total. The highest BCUT2D eigenvalue weighted by Gasteiger charge is 2.35. The Kier molecular flexibility index (Phi) is 9.64. The maximum Gasteiger partial charge on any atom is 0.194 e. The summed E-state index contributed by atoms with van der Waals surface area (Å²) < 4.78 is 45.5. The smallest absolute Gasteiger partial charge is 0.194 e. The van der Waals surface area contributed by atoms with E-state index in [1.807, 2.05) is 37.2 Å². The van der Waals surface area contributed by atoms with Crippen LogP contribution in [0.25, 0.3) is 10.9 Å². The van der Waals surface area contributed by atoms with Crippen LogP contribution in [0.5, 0.6) is 5.75 Å². The molecule has 39 heavy (non-hydrogen) atoms. The van der Waals surface area contributed by atoms with Gasteiger partial charge in [0.25, 0.3) is 0 Å². The van der Waals surface area contributed by atoms with Crippen LogP contribution >= 0.6 is 11.8 Å². The zero-order valence-electron chi connectivity index (χ0n) is 22.6. The molecule has 2 N–H and O–H groups in total. The number of pyridine rings is 1. The van der Waals surface area contributed by atoms with E-state index in [4.69, 9.17) is 4.74 Å². The van der Waals surface area contributed by atoms with Gasteiger partial charge in [0.15, 0.2) is 17.5 Å². The first-order valence-electron chi connectivity index (χ1n) is 13.1. The highest BCUT2D eigenvalue weighted by atomic mass is 32.2. The van der Waals surface area contributed by atoms with Crippen LogP contribution in [0.2, 0.25) is 0 Å². The first-order valence-corrected chi connectivity index (χ1v) is 14.1. The monoisotopic (exact) mass is 563 g/mol. The number of rotatable bonds is 11. The maximum atomic E-state index is 13.5. The van der Waals surface area contributed by atoms with Gasteiger partial charge in [-0.15, -0.1) is 11.8 Å². The molecule has 0 aliphatic carbocycles. The highest BCUT2D eigenvalue weighted by Crippen LogP contribution is 2.41. The second-order valence-electron chi connectivity index (χ2n) is 10.4. The number of methoxy groups -OCH3 is 1. The highest BCUT2D eigenvalue weighted by molar-refractivity contribution is 7.99. The van der Waals surface area contributed by atoms with Gasteiger partial charge in [-0.3, -0.25) is 4.98 Å². The first kappa shape index (κ1) is 29.5. The fourth-order valence-corrected chi connectivity index (χ4v) is 6.21. The third-order valence-corrected chi connectivity index (χ3v) is 8.70. The van der Waals surface area contributed by atoms with Crippen LogP contribution in [0.15, 0.2) is 41.4 Å². The zero-order valence-corrected chi connectivity index (χ0v) is 23.4. The predicted octanol–water partition coefficient (Wildman–Crippen LogP) is 5.41. The van der Waals surface area contributed by atoms with Gasteiger partial charge in [-0.2, -0.15) is 0 Å². The number of fused-ring (bicyclic) bond motifs is 1. The molecule has 1 aromatic heterocycles. The van der Waals surface area contributed by atoms with E-state index in [1.165, 1.54) is 11.8 Å².